The van der Waals surface area contributed by atoms with Crippen LogP contribution < -0.4 is 0 Å². The summed E-state index contributed by atoms with van der Waals surface area (Å²) < 4.78 is 4.95. The molecule has 1 fully saturated rings. The minimum atomic E-state index is -0.00557. The van der Waals surface area contributed by atoms with E-state index >= 15 is 0 Å². The van der Waals surface area contributed by atoms with Crippen LogP contribution in [0.15, 0.2) is 23.0 Å². The highest BCUT2D eigenvalue weighted by Crippen LogP contribution is 2.21. The standard InChI is InChI=1S/C16H24N2O3/c1-3-4-8-17(2)15(19)13-5-9-18(10-6-13)16(20)14-7-11-21-12-14/h7,11-13H,3-6,8-10H2,1-2H3. The van der Waals surface area contributed by atoms with Gasteiger partial charge in [0.2, 0.25) is 5.91 Å². The first-order valence-corrected chi connectivity index (χ1v) is 7.70. The molecular weight excluding hydrogens is 268 g/mol. The molecule has 1 aliphatic heterocycles. The van der Waals surface area contributed by atoms with E-state index in [1.807, 2.05) is 11.9 Å². The van der Waals surface area contributed by atoms with Gasteiger partial charge in [-0.25, -0.2) is 0 Å². The molecule has 0 bridgehead atoms. The van der Waals surface area contributed by atoms with Crippen molar-refractivity contribution in [3.8, 4) is 0 Å². The van der Waals surface area contributed by atoms with E-state index in [-0.39, 0.29) is 17.7 Å². The Hall–Kier alpha value is -1.78. The summed E-state index contributed by atoms with van der Waals surface area (Å²) in [6, 6.07) is 1.68. The van der Waals surface area contributed by atoms with E-state index in [2.05, 4.69) is 6.92 Å². The zero-order chi connectivity index (χ0) is 15.2. The van der Waals surface area contributed by atoms with Crippen LogP contribution in [-0.4, -0.2) is 48.3 Å². The van der Waals surface area contributed by atoms with Crippen LogP contribution in [0.4, 0.5) is 0 Å². The molecule has 2 rings (SSSR count). The molecule has 0 spiro atoms. The van der Waals surface area contributed by atoms with Gasteiger partial charge >= 0.3 is 0 Å². The van der Waals surface area contributed by atoms with Crippen molar-refractivity contribution in [3.05, 3.63) is 24.2 Å². The SMILES string of the molecule is CCCCN(C)C(=O)C1CCN(C(=O)c2ccoc2)CC1. The quantitative estimate of drug-likeness (QED) is 0.837. The molecule has 2 amide bonds. The van der Waals surface area contributed by atoms with Gasteiger partial charge in [-0.15, -0.1) is 0 Å². The van der Waals surface area contributed by atoms with Crippen LogP contribution >= 0.6 is 0 Å². The molecule has 0 unspecified atom stereocenters. The molecule has 1 aliphatic rings. The summed E-state index contributed by atoms with van der Waals surface area (Å²) in [5.41, 5.74) is 0.583. The Balaban J connectivity index is 1.83. The Bertz CT molecular complexity index is 462. The van der Waals surface area contributed by atoms with Gasteiger partial charge in [-0.2, -0.15) is 0 Å². The second-order valence-electron chi connectivity index (χ2n) is 5.69. The van der Waals surface area contributed by atoms with Crippen molar-refractivity contribution in [2.45, 2.75) is 32.6 Å². The minimum absolute atomic E-state index is 0.00557. The fraction of sp³-hybridized carbons (Fsp3) is 0.625. The maximum Gasteiger partial charge on any atom is 0.257 e. The lowest BCUT2D eigenvalue weighted by atomic mass is 9.95. The lowest BCUT2D eigenvalue weighted by Gasteiger charge is -2.33. The van der Waals surface area contributed by atoms with Gasteiger partial charge in [0.25, 0.3) is 5.91 Å². The number of rotatable bonds is 5. The smallest absolute Gasteiger partial charge is 0.257 e. The van der Waals surface area contributed by atoms with E-state index in [4.69, 9.17) is 4.42 Å². The van der Waals surface area contributed by atoms with Gasteiger partial charge in [-0.1, -0.05) is 13.3 Å². The van der Waals surface area contributed by atoms with E-state index < -0.39 is 0 Å². The first kappa shape index (κ1) is 15.6. The van der Waals surface area contributed by atoms with Crippen LogP contribution in [0.2, 0.25) is 0 Å². The van der Waals surface area contributed by atoms with E-state index in [0.717, 1.165) is 32.2 Å². The Morgan fingerprint density at radius 2 is 2.10 bits per heavy atom. The van der Waals surface area contributed by atoms with Crippen LogP contribution in [-0.2, 0) is 4.79 Å². The average molecular weight is 292 g/mol. The third kappa shape index (κ3) is 3.86. The molecule has 116 valence electrons. The van der Waals surface area contributed by atoms with Crippen LogP contribution in [0.5, 0.6) is 0 Å². The molecule has 1 aromatic rings. The predicted molar refractivity (Wildman–Crippen MR) is 79.9 cm³/mol. The molecule has 0 radical (unpaired) electrons. The molecule has 21 heavy (non-hydrogen) atoms. The van der Waals surface area contributed by atoms with Crippen molar-refractivity contribution in [2.75, 3.05) is 26.7 Å². The summed E-state index contributed by atoms with van der Waals surface area (Å²) in [5.74, 6) is 0.271. The average Bonchev–Trinajstić information content (AvgIpc) is 3.05. The van der Waals surface area contributed by atoms with Crippen molar-refractivity contribution in [2.24, 2.45) is 5.92 Å². The minimum Gasteiger partial charge on any atom is -0.472 e. The van der Waals surface area contributed by atoms with E-state index in [1.165, 1.54) is 12.5 Å². The number of carbonyl (C=O) groups is 2. The molecule has 0 N–H and O–H groups in total. The normalized spacial score (nSPS) is 16.0. The first-order chi connectivity index (χ1) is 10.1. The van der Waals surface area contributed by atoms with E-state index in [0.29, 0.717) is 18.7 Å². The number of carbonyl (C=O) groups excluding carboxylic acids is 2. The van der Waals surface area contributed by atoms with Crippen LogP contribution in [0.3, 0.4) is 0 Å². The van der Waals surface area contributed by atoms with Gasteiger partial charge in [0, 0.05) is 32.6 Å². The van der Waals surface area contributed by atoms with E-state index in [9.17, 15) is 9.59 Å². The van der Waals surface area contributed by atoms with Crippen LogP contribution in [0.1, 0.15) is 43.0 Å². The van der Waals surface area contributed by atoms with Crippen molar-refractivity contribution < 1.29 is 14.0 Å². The zero-order valence-electron chi connectivity index (χ0n) is 12.9. The number of unbranched alkanes of at least 4 members (excludes halogenated alkanes) is 1. The molecule has 5 nitrogen and oxygen atoms in total. The highest BCUT2D eigenvalue weighted by Gasteiger charge is 2.29. The number of hydrogen-bond acceptors (Lipinski definition) is 3. The largest absolute Gasteiger partial charge is 0.472 e. The van der Waals surface area contributed by atoms with Gasteiger partial charge in [0.15, 0.2) is 0 Å². The molecule has 2 heterocycles. The van der Waals surface area contributed by atoms with Crippen molar-refractivity contribution in [1.82, 2.24) is 9.80 Å². The Morgan fingerprint density at radius 3 is 2.67 bits per heavy atom. The zero-order valence-corrected chi connectivity index (χ0v) is 12.9. The van der Waals surface area contributed by atoms with Gasteiger partial charge < -0.3 is 14.2 Å². The van der Waals surface area contributed by atoms with Crippen LogP contribution in [0.25, 0.3) is 0 Å². The molecular formula is C16H24N2O3. The summed E-state index contributed by atoms with van der Waals surface area (Å²) in [4.78, 5) is 28.1. The van der Waals surface area contributed by atoms with Crippen molar-refractivity contribution >= 4 is 11.8 Å². The maximum absolute atomic E-state index is 12.3. The number of hydrogen-bond donors (Lipinski definition) is 0. The lowest BCUT2D eigenvalue weighted by Crippen LogP contribution is -2.43. The molecule has 1 aromatic heterocycles. The van der Waals surface area contributed by atoms with Crippen molar-refractivity contribution in [3.63, 3.8) is 0 Å². The molecule has 5 heteroatoms. The van der Waals surface area contributed by atoms with Crippen molar-refractivity contribution in [1.29, 1.82) is 0 Å². The highest BCUT2D eigenvalue weighted by molar-refractivity contribution is 5.94. The van der Waals surface area contributed by atoms with Gasteiger partial charge in [-0.05, 0) is 25.3 Å². The second-order valence-corrected chi connectivity index (χ2v) is 5.69. The maximum atomic E-state index is 12.3. The molecule has 0 aromatic carbocycles. The van der Waals surface area contributed by atoms with Crippen LogP contribution in [0, 0.1) is 5.92 Å². The Labute approximate surface area is 125 Å². The monoisotopic (exact) mass is 292 g/mol. The summed E-state index contributed by atoms with van der Waals surface area (Å²) in [6.45, 7) is 4.23. The highest BCUT2D eigenvalue weighted by atomic mass is 16.3. The van der Waals surface area contributed by atoms with Gasteiger partial charge in [0.1, 0.15) is 6.26 Å². The third-order valence-electron chi connectivity index (χ3n) is 4.12. The second kappa shape index (κ2) is 7.29. The number of nitrogens with zero attached hydrogens (tertiary/aromatic N) is 2. The number of piperidine rings is 1. The van der Waals surface area contributed by atoms with E-state index in [1.54, 1.807) is 11.0 Å². The fourth-order valence-corrected chi connectivity index (χ4v) is 2.72. The number of amides is 2. The topological polar surface area (TPSA) is 53.8 Å². The first-order valence-electron chi connectivity index (χ1n) is 7.70. The molecule has 0 saturated carbocycles. The lowest BCUT2D eigenvalue weighted by molar-refractivity contribution is -0.135. The Morgan fingerprint density at radius 1 is 1.38 bits per heavy atom. The van der Waals surface area contributed by atoms with Gasteiger partial charge in [-0.3, -0.25) is 9.59 Å². The third-order valence-corrected chi connectivity index (χ3v) is 4.12. The summed E-state index contributed by atoms with van der Waals surface area (Å²) in [7, 11) is 1.88. The number of likely N-dealkylation sites (tertiary alicyclic amines) is 1. The molecule has 0 aliphatic carbocycles. The summed E-state index contributed by atoms with van der Waals surface area (Å²) in [6.07, 6.45) is 6.61. The fourth-order valence-electron chi connectivity index (χ4n) is 2.72. The van der Waals surface area contributed by atoms with Gasteiger partial charge in [0.05, 0.1) is 11.8 Å². The summed E-state index contributed by atoms with van der Waals surface area (Å²) in [5, 5.41) is 0. The molecule has 1 saturated heterocycles. The predicted octanol–water partition coefficient (Wildman–Crippen LogP) is 2.39. The number of furan rings is 1. The summed E-state index contributed by atoms with van der Waals surface area (Å²) >= 11 is 0. The Kier molecular flexibility index (Phi) is 5.42. The molecule has 0 atom stereocenters.